The van der Waals surface area contributed by atoms with Crippen molar-refractivity contribution >= 4 is 16.9 Å². The first-order valence-corrected chi connectivity index (χ1v) is 8.05. The summed E-state index contributed by atoms with van der Waals surface area (Å²) in [4.78, 5) is 24.5. The van der Waals surface area contributed by atoms with Gasteiger partial charge in [-0.25, -0.2) is 0 Å². The van der Waals surface area contributed by atoms with Crippen LogP contribution in [-0.4, -0.2) is 18.2 Å². The maximum atomic E-state index is 12.8. The molecule has 0 saturated heterocycles. The Hall–Kier alpha value is -3.28. The van der Waals surface area contributed by atoms with Crippen molar-refractivity contribution in [3.8, 4) is 28.4 Å². The van der Waals surface area contributed by atoms with E-state index in [0.29, 0.717) is 16.9 Å². The Morgan fingerprint density at radius 2 is 1.81 bits per heavy atom. The van der Waals surface area contributed by atoms with E-state index in [4.69, 9.17) is 13.9 Å². The highest BCUT2D eigenvalue weighted by Gasteiger charge is 2.17. The monoisotopic (exact) mass is 354 g/mol. The quantitative estimate of drug-likeness (QED) is 0.567. The van der Waals surface area contributed by atoms with Crippen LogP contribution in [0.1, 0.15) is 13.8 Å². The molecule has 0 bridgehead atoms. The first kappa shape index (κ1) is 17.5. The SMILES string of the molecule is COc1ccc(-c2coc3cc(OC(=O)C(C)C)cc(O)c3c2=O)cc1. The maximum absolute atomic E-state index is 12.8. The van der Waals surface area contributed by atoms with Crippen molar-refractivity contribution in [3.05, 3.63) is 52.9 Å². The zero-order valence-electron chi connectivity index (χ0n) is 14.6. The average Bonchev–Trinajstić information content (AvgIpc) is 2.61. The van der Waals surface area contributed by atoms with E-state index < -0.39 is 5.97 Å². The summed E-state index contributed by atoms with van der Waals surface area (Å²) in [7, 11) is 1.56. The molecule has 1 heterocycles. The Balaban J connectivity index is 2.07. The van der Waals surface area contributed by atoms with Crippen LogP contribution in [0.5, 0.6) is 17.2 Å². The van der Waals surface area contributed by atoms with E-state index in [0.717, 1.165) is 0 Å². The molecule has 0 aliphatic heterocycles. The largest absolute Gasteiger partial charge is 0.507 e. The van der Waals surface area contributed by atoms with Crippen molar-refractivity contribution in [1.82, 2.24) is 0 Å². The fourth-order valence-corrected chi connectivity index (χ4v) is 2.47. The molecule has 0 amide bonds. The number of hydrogen-bond acceptors (Lipinski definition) is 6. The minimum atomic E-state index is -0.444. The minimum Gasteiger partial charge on any atom is -0.507 e. The third-order valence-electron chi connectivity index (χ3n) is 3.92. The third-order valence-corrected chi connectivity index (χ3v) is 3.92. The molecule has 1 N–H and O–H groups in total. The van der Waals surface area contributed by atoms with Crippen molar-refractivity contribution in [1.29, 1.82) is 0 Å². The van der Waals surface area contributed by atoms with Gasteiger partial charge in [-0.3, -0.25) is 9.59 Å². The number of ether oxygens (including phenoxy) is 2. The van der Waals surface area contributed by atoms with E-state index in [-0.39, 0.29) is 33.8 Å². The highest BCUT2D eigenvalue weighted by Crippen LogP contribution is 2.31. The van der Waals surface area contributed by atoms with Crippen LogP contribution in [0.25, 0.3) is 22.1 Å². The van der Waals surface area contributed by atoms with E-state index in [9.17, 15) is 14.7 Å². The van der Waals surface area contributed by atoms with Crippen LogP contribution in [0, 0.1) is 5.92 Å². The fraction of sp³-hybridized carbons (Fsp3) is 0.200. The lowest BCUT2D eigenvalue weighted by Crippen LogP contribution is -2.15. The molecule has 1 aromatic heterocycles. The van der Waals surface area contributed by atoms with Crippen molar-refractivity contribution in [2.45, 2.75) is 13.8 Å². The summed E-state index contributed by atoms with van der Waals surface area (Å²) in [6.45, 7) is 3.40. The Morgan fingerprint density at radius 1 is 1.12 bits per heavy atom. The number of rotatable bonds is 4. The average molecular weight is 354 g/mol. The van der Waals surface area contributed by atoms with Crippen LogP contribution in [0.15, 0.2) is 51.9 Å². The molecule has 0 aliphatic rings. The standard InChI is InChI=1S/C20H18O6/c1-11(2)20(23)26-14-8-16(21)18-17(9-14)25-10-15(19(18)22)12-4-6-13(24-3)7-5-12/h4-11,21H,1-3H3. The summed E-state index contributed by atoms with van der Waals surface area (Å²) in [6, 6.07) is 9.56. The molecule has 0 saturated carbocycles. The van der Waals surface area contributed by atoms with Crippen LogP contribution in [-0.2, 0) is 4.79 Å². The Kier molecular flexibility index (Phi) is 4.67. The molecule has 0 radical (unpaired) electrons. The number of carbonyl (C=O) groups excluding carboxylic acids is 1. The van der Waals surface area contributed by atoms with E-state index in [1.807, 2.05) is 0 Å². The number of phenols is 1. The van der Waals surface area contributed by atoms with Gasteiger partial charge < -0.3 is 19.0 Å². The van der Waals surface area contributed by atoms with Gasteiger partial charge in [0.2, 0.25) is 5.43 Å². The molecule has 0 spiro atoms. The minimum absolute atomic E-state index is 0.0302. The summed E-state index contributed by atoms with van der Waals surface area (Å²) >= 11 is 0. The van der Waals surface area contributed by atoms with Gasteiger partial charge in [0.15, 0.2) is 0 Å². The Bertz CT molecular complexity index is 1010. The van der Waals surface area contributed by atoms with Crippen molar-refractivity contribution in [2.75, 3.05) is 7.11 Å². The number of esters is 1. The predicted molar refractivity (Wildman–Crippen MR) is 96.6 cm³/mol. The van der Waals surface area contributed by atoms with Gasteiger partial charge in [-0.2, -0.15) is 0 Å². The zero-order valence-corrected chi connectivity index (χ0v) is 14.6. The van der Waals surface area contributed by atoms with Crippen LogP contribution >= 0.6 is 0 Å². The predicted octanol–water partition coefficient (Wildman–Crippen LogP) is 3.74. The second kappa shape index (κ2) is 6.92. The van der Waals surface area contributed by atoms with Gasteiger partial charge in [-0.05, 0) is 17.7 Å². The molecule has 2 aromatic carbocycles. The van der Waals surface area contributed by atoms with Gasteiger partial charge in [0.05, 0.1) is 18.6 Å². The van der Waals surface area contributed by atoms with Gasteiger partial charge in [0, 0.05) is 12.1 Å². The molecule has 3 rings (SSSR count). The molecule has 6 heteroatoms. The lowest BCUT2D eigenvalue weighted by Gasteiger charge is -2.09. The zero-order chi connectivity index (χ0) is 18.8. The number of aromatic hydroxyl groups is 1. The number of carbonyl (C=O) groups is 1. The summed E-state index contributed by atoms with van der Waals surface area (Å²) in [5, 5.41) is 10.3. The smallest absolute Gasteiger partial charge is 0.313 e. The third kappa shape index (κ3) is 3.26. The molecule has 0 fully saturated rings. The molecule has 0 aliphatic carbocycles. The Labute approximate surface area is 149 Å². The van der Waals surface area contributed by atoms with Gasteiger partial charge in [-0.15, -0.1) is 0 Å². The maximum Gasteiger partial charge on any atom is 0.313 e. The van der Waals surface area contributed by atoms with Crippen LogP contribution in [0.4, 0.5) is 0 Å². The van der Waals surface area contributed by atoms with Crippen molar-refractivity contribution in [3.63, 3.8) is 0 Å². The van der Waals surface area contributed by atoms with Gasteiger partial charge in [0.25, 0.3) is 0 Å². The molecule has 0 atom stereocenters. The first-order valence-electron chi connectivity index (χ1n) is 8.05. The number of fused-ring (bicyclic) bond motifs is 1. The fourth-order valence-electron chi connectivity index (χ4n) is 2.47. The van der Waals surface area contributed by atoms with Crippen LogP contribution in [0.2, 0.25) is 0 Å². The van der Waals surface area contributed by atoms with E-state index >= 15 is 0 Å². The number of benzene rings is 2. The molecule has 0 unspecified atom stereocenters. The van der Waals surface area contributed by atoms with Crippen LogP contribution < -0.4 is 14.9 Å². The summed E-state index contributed by atoms with van der Waals surface area (Å²) in [5.74, 6) is -0.288. The van der Waals surface area contributed by atoms with Gasteiger partial charge in [-0.1, -0.05) is 26.0 Å². The lowest BCUT2D eigenvalue weighted by atomic mass is 10.0. The molecule has 26 heavy (non-hydrogen) atoms. The lowest BCUT2D eigenvalue weighted by molar-refractivity contribution is -0.137. The molecule has 134 valence electrons. The summed E-state index contributed by atoms with van der Waals surface area (Å²) in [5.41, 5.74) is 0.702. The summed E-state index contributed by atoms with van der Waals surface area (Å²) < 4.78 is 15.8. The number of phenolic OH excluding ortho intramolecular Hbond substituents is 1. The van der Waals surface area contributed by atoms with E-state index in [2.05, 4.69) is 0 Å². The van der Waals surface area contributed by atoms with Gasteiger partial charge >= 0.3 is 5.97 Å². The highest BCUT2D eigenvalue weighted by molar-refractivity contribution is 5.88. The number of hydrogen-bond donors (Lipinski definition) is 1. The molecular weight excluding hydrogens is 336 g/mol. The van der Waals surface area contributed by atoms with Crippen molar-refractivity contribution < 1.29 is 23.8 Å². The topological polar surface area (TPSA) is 86.0 Å². The molecule has 6 nitrogen and oxygen atoms in total. The highest BCUT2D eigenvalue weighted by atomic mass is 16.5. The number of methoxy groups -OCH3 is 1. The normalized spacial score (nSPS) is 10.9. The second-order valence-corrected chi connectivity index (χ2v) is 6.10. The van der Waals surface area contributed by atoms with Crippen LogP contribution in [0.3, 0.4) is 0 Å². The molecule has 3 aromatic rings. The van der Waals surface area contributed by atoms with Gasteiger partial charge in [0.1, 0.15) is 34.5 Å². The second-order valence-electron chi connectivity index (χ2n) is 6.10. The Morgan fingerprint density at radius 3 is 2.42 bits per heavy atom. The summed E-state index contributed by atoms with van der Waals surface area (Å²) in [6.07, 6.45) is 1.32. The first-order chi connectivity index (χ1) is 12.4. The molecular formula is C20H18O6. The van der Waals surface area contributed by atoms with E-state index in [1.54, 1.807) is 45.2 Å². The van der Waals surface area contributed by atoms with E-state index in [1.165, 1.54) is 18.4 Å². The van der Waals surface area contributed by atoms with Crippen molar-refractivity contribution in [2.24, 2.45) is 5.92 Å².